The van der Waals surface area contributed by atoms with Crippen molar-refractivity contribution in [3.63, 3.8) is 0 Å². The number of carbonyl (C=O) groups is 1. The molecule has 1 aliphatic heterocycles. The highest BCUT2D eigenvalue weighted by Crippen LogP contribution is 2.15. The van der Waals surface area contributed by atoms with Gasteiger partial charge in [-0.15, -0.1) is 0 Å². The van der Waals surface area contributed by atoms with Gasteiger partial charge in [0.25, 0.3) is 5.91 Å². The van der Waals surface area contributed by atoms with E-state index in [2.05, 4.69) is 56.9 Å². The van der Waals surface area contributed by atoms with Crippen LogP contribution in [0, 0.1) is 3.57 Å². The van der Waals surface area contributed by atoms with Crippen molar-refractivity contribution in [2.75, 3.05) is 38.5 Å². The number of rotatable bonds is 4. The normalized spacial score (nSPS) is 16.1. The molecule has 2 aromatic carbocycles. The van der Waals surface area contributed by atoms with E-state index in [-0.39, 0.29) is 5.91 Å². The molecule has 24 heavy (non-hydrogen) atoms. The smallest absolute Gasteiger partial charge is 0.255 e. The Bertz CT molecular complexity index is 694. The maximum absolute atomic E-state index is 12.3. The minimum absolute atomic E-state index is 0.0665. The van der Waals surface area contributed by atoms with Crippen molar-refractivity contribution in [2.45, 2.75) is 6.54 Å². The number of nitrogens with one attached hydrogen (secondary N) is 1. The van der Waals surface area contributed by atoms with Gasteiger partial charge in [-0.05, 0) is 71.6 Å². The maximum Gasteiger partial charge on any atom is 0.255 e. The first-order valence-corrected chi connectivity index (χ1v) is 9.25. The second-order valence-corrected chi connectivity index (χ2v) is 7.49. The van der Waals surface area contributed by atoms with Crippen LogP contribution in [-0.4, -0.2) is 48.9 Å². The van der Waals surface area contributed by atoms with Gasteiger partial charge < -0.3 is 10.2 Å². The second-order valence-electron chi connectivity index (χ2n) is 6.24. The lowest BCUT2D eigenvalue weighted by Crippen LogP contribution is -2.43. The molecule has 5 heteroatoms. The summed E-state index contributed by atoms with van der Waals surface area (Å²) in [4.78, 5) is 17.1. The van der Waals surface area contributed by atoms with E-state index in [0.717, 1.165) is 42.0 Å². The maximum atomic E-state index is 12.3. The summed E-state index contributed by atoms with van der Waals surface area (Å²) in [6.07, 6.45) is 0. The molecule has 0 unspecified atom stereocenters. The van der Waals surface area contributed by atoms with Gasteiger partial charge in [-0.2, -0.15) is 0 Å². The third-order valence-electron chi connectivity index (χ3n) is 4.29. The lowest BCUT2D eigenvalue weighted by atomic mass is 10.1. The summed E-state index contributed by atoms with van der Waals surface area (Å²) in [5.74, 6) is -0.0665. The Labute approximate surface area is 157 Å². The van der Waals surface area contributed by atoms with Gasteiger partial charge in [0, 0.05) is 47.5 Å². The monoisotopic (exact) mass is 435 g/mol. The number of hydrogen-bond donors (Lipinski definition) is 1. The molecule has 3 rings (SSSR count). The highest BCUT2D eigenvalue weighted by Gasteiger charge is 2.14. The Morgan fingerprint density at radius 3 is 2.50 bits per heavy atom. The standard InChI is InChI=1S/C19H22IN3O/c1-22-9-11-23(12-10-22)14-15-3-2-4-18(13-15)21-19(24)16-5-7-17(20)8-6-16/h2-8,13H,9-12,14H2,1H3,(H,21,24). The molecule has 1 amide bonds. The highest BCUT2D eigenvalue weighted by molar-refractivity contribution is 14.1. The van der Waals surface area contributed by atoms with Gasteiger partial charge in [-0.25, -0.2) is 0 Å². The first-order chi connectivity index (χ1) is 11.6. The van der Waals surface area contributed by atoms with Gasteiger partial charge in [0.1, 0.15) is 0 Å². The molecule has 4 nitrogen and oxygen atoms in total. The molecule has 0 aromatic heterocycles. The third kappa shape index (κ3) is 4.78. The second kappa shape index (κ2) is 8.09. The molecule has 1 N–H and O–H groups in total. The van der Waals surface area contributed by atoms with E-state index in [1.807, 2.05) is 36.4 Å². The summed E-state index contributed by atoms with van der Waals surface area (Å²) in [6.45, 7) is 5.35. The summed E-state index contributed by atoms with van der Waals surface area (Å²) >= 11 is 2.24. The average molecular weight is 435 g/mol. The highest BCUT2D eigenvalue weighted by atomic mass is 127. The largest absolute Gasteiger partial charge is 0.322 e. The number of anilines is 1. The quantitative estimate of drug-likeness (QED) is 0.749. The number of hydrogen-bond acceptors (Lipinski definition) is 3. The molecule has 126 valence electrons. The molecule has 1 fully saturated rings. The zero-order valence-electron chi connectivity index (χ0n) is 13.8. The van der Waals surface area contributed by atoms with Crippen LogP contribution in [0.25, 0.3) is 0 Å². The number of carbonyl (C=O) groups excluding carboxylic acids is 1. The number of nitrogens with zero attached hydrogens (tertiary/aromatic N) is 2. The third-order valence-corrected chi connectivity index (χ3v) is 5.01. The van der Waals surface area contributed by atoms with Gasteiger partial charge in [0.2, 0.25) is 0 Å². The van der Waals surface area contributed by atoms with Crippen LogP contribution in [0.2, 0.25) is 0 Å². The Morgan fingerprint density at radius 2 is 1.79 bits per heavy atom. The molecule has 0 atom stereocenters. The Hall–Kier alpha value is -1.44. The molecule has 0 aliphatic carbocycles. The van der Waals surface area contributed by atoms with Gasteiger partial charge >= 0.3 is 0 Å². The molecule has 0 bridgehead atoms. The van der Waals surface area contributed by atoms with Crippen molar-refractivity contribution in [2.24, 2.45) is 0 Å². The van der Waals surface area contributed by atoms with Crippen molar-refractivity contribution >= 4 is 34.2 Å². The van der Waals surface area contributed by atoms with E-state index in [4.69, 9.17) is 0 Å². The lowest BCUT2D eigenvalue weighted by Gasteiger charge is -2.32. The number of benzene rings is 2. The fourth-order valence-corrected chi connectivity index (χ4v) is 3.18. The van der Waals surface area contributed by atoms with E-state index < -0.39 is 0 Å². The molecule has 1 saturated heterocycles. The molecular formula is C19H22IN3O. The number of likely N-dealkylation sites (N-methyl/N-ethyl adjacent to an activating group) is 1. The van der Waals surface area contributed by atoms with Gasteiger partial charge in [-0.3, -0.25) is 9.69 Å². The minimum Gasteiger partial charge on any atom is -0.322 e. The van der Waals surface area contributed by atoms with E-state index in [1.54, 1.807) is 0 Å². The first kappa shape index (κ1) is 17.4. The van der Waals surface area contributed by atoms with Crippen LogP contribution in [0.1, 0.15) is 15.9 Å². The van der Waals surface area contributed by atoms with Crippen molar-refractivity contribution in [3.05, 3.63) is 63.2 Å². The van der Waals surface area contributed by atoms with E-state index in [1.165, 1.54) is 5.56 Å². The van der Waals surface area contributed by atoms with Crippen LogP contribution in [-0.2, 0) is 6.54 Å². The number of amides is 1. The van der Waals surface area contributed by atoms with Crippen LogP contribution < -0.4 is 5.32 Å². The SMILES string of the molecule is CN1CCN(Cc2cccc(NC(=O)c3ccc(I)cc3)c2)CC1. The molecule has 0 spiro atoms. The van der Waals surface area contributed by atoms with Gasteiger partial charge in [0.15, 0.2) is 0 Å². The van der Waals surface area contributed by atoms with Crippen LogP contribution in [0.5, 0.6) is 0 Å². The summed E-state index contributed by atoms with van der Waals surface area (Å²) in [7, 11) is 2.16. The van der Waals surface area contributed by atoms with E-state index >= 15 is 0 Å². The summed E-state index contributed by atoms with van der Waals surface area (Å²) in [5, 5.41) is 2.99. The summed E-state index contributed by atoms with van der Waals surface area (Å²) < 4.78 is 1.12. The van der Waals surface area contributed by atoms with Crippen molar-refractivity contribution in [3.8, 4) is 0 Å². The number of halogens is 1. The zero-order chi connectivity index (χ0) is 16.9. The molecule has 1 aliphatic rings. The fraction of sp³-hybridized carbons (Fsp3) is 0.316. The molecule has 0 radical (unpaired) electrons. The van der Waals surface area contributed by atoms with Crippen LogP contribution in [0.15, 0.2) is 48.5 Å². The topological polar surface area (TPSA) is 35.6 Å². The lowest BCUT2D eigenvalue weighted by molar-refractivity contribution is 0.102. The molecule has 1 heterocycles. The van der Waals surface area contributed by atoms with E-state index in [9.17, 15) is 4.79 Å². The Balaban J connectivity index is 1.62. The molecule has 0 saturated carbocycles. The average Bonchev–Trinajstić information content (AvgIpc) is 2.58. The zero-order valence-corrected chi connectivity index (χ0v) is 16.0. The van der Waals surface area contributed by atoms with Crippen LogP contribution in [0.3, 0.4) is 0 Å². The predicted octanol–water partition coefficient (Wildman–Crippen LogP) is 3.29. The van der Waals surface area contributed by atoms with Crippen molar-refractivity contribution in [1.82, 2.24) is 9.80 Å². The Kier molecular flexibility index (Phi) is 5.86. The van der Waals surface area contributed by atoms with Crippen LogP contribution in [0.4, 0.5) is 5.69 Å². The molecular weight excluding hydrogens is 413 g/mol. The van der Waals surface area contributed by atoms with Crippen LogP contribution >= 0.6 is 22.6 Å². The van der Waals surface area contributed by atoms with Gasteiger partial charge in [-0.1, -0.05) is 12.1 Å². The van der Waals surface area contributed by atoms with Gasteiger partial charge in [0.05, 0.1) is 0 Å². The first-order valence-electron chi connectivity index (χ1n) is 8.17. The van der Waals surface area contributed by atoms with Crippen molar-refractivity contribution < 1.29 is 4.79 Å². The summed E-state index contributed by atoms with van der Waals surface area (Å²) in [6, 6.07) is 15.7. The Morgan fingerprint density at radius 1 is 1.08 bits per heavy atom. The van der Waals surface area contributed by atoms with Crippen molar-refractivity contribution in [1.29, 1.82) is 0 Å². The molecule has 2 aromatic rings. The summed E-state index contributed by atoms with van der Waals surface area (Å²) in [5.41, 5.74) is 2.77. The fourth-order valence-electron chi connectivity index (χ4n) is 2.82. The number of piperazine rings is 1. The predicted molar refractivity (Wildman–Crippen MR) is 106 cm³/mol. The minimum atomic E-state index is -0.0665. The van der Waals surface area contributed by atoms with E-state index in [0.29, 0.717) is 5.56 Å².